The molecule has 0 heterocycles. The molecule has 0 spiro atoms. The summed E-state index contributed by atoms with van der Waals surface area (Å²) in [6, 6.07) is 19.5. The number of rotatable bonds is 9. The molecule has 0 amide bonds. The molecule has 6 nitrogen and oxygen atoms in total. The highest BCUT2D eigenvalue weighted by atomic mass is 16.5. The second-order valence-electron chi connectivity index (χ2n) is 10.1. The van der Waals surface area contributed by atoms with Gasteiger partial charge < -0.3 is 14.2 Å². The summed E-state index contributed by atoms with van der Waals surface area (Å²) in [7, 11) is 0. The highest BCUT2D eigenvalue weighted by Gasteiger charge is 2.24. The number of hydrogen-bond acceptors (Lipinski definition) is 6. The molecule has 2 aliphatic carbocycles. The molecule has 0 aliphatic heterocycles. The monoisotopic (exact) mass is 538 g/mol. The van der Waals surface area contributed by atoms with E-state index in [2.05, 4.69) is 0 Å². The van der Waals surface area contributed by atoms with Gasteiger partial charge in [0.1, 0.15) is 13.2 Å². The Morgan fingerprint density at radius 1 is 0.615 bits per heavy atom. The molecule has 0 N–H and O–H groups in total. The van der Waals surface area contributed by atoms with Gasteiger partial charge in [0.25, 0.3) is 0 Å². The molecule has 4 rings (SSSR count). The van der Waals surface area contributed by atoms with Crippen molar-refractivity contribution < 1.29 is 28.6 Å². The Bertz CT molecular complexity index is 931. The van der Waals surface area contributed by atoms with Crippen LogP contribution in [0.3, 0.4) is 0 Å². The summed E-state index contributed by atoms with van der Waals surface area (Å²) in [5.41, 5.74) is 2.09. The second-order valence-corrected chi connectivity index (χ2v) is 10.1. The van der Waals surface area contributed by atoms with Crippen molar-refractivity contribution in [3.05, 3.63) is 71.8 Å². The van der Waals surface area contributed by atoms with Gasteiger partial charge in [-0.2, -0.15) is 0 Å². The lowest BCUT2D eigenvalue weighted by molar-refractivity contribution is -0.150. The zero-order valence-corrected chi connectivity index (χ0v) is 23.8. The molecule has 2 saturated carbocycles. The van der Waals surface area contributed by atoms with Gasteiger partial charge in [0.05, 0.1) is 18.4 Å². The molecule has 0 atom stereocenters. The van der Waals surface area contributed by atoms with Gasteiger partial charge in [-0.1, -0.05) is 99.7 Å². The molecular weight excluding hydrogens is 492 g/mol. The molecular formula is C33H46O6. The number of benzene rings is 2. The third-order valence-electron chi connectivity index (χ3n) is 6.83. The average molecular weight is 539 g/mol. The number of carbonyl (C=O) groups is 3. The van der Waals surface area contributed by atoms with E-state index in [0.29, 0.717) is 26.2 Å². The Balaban J connectivity index is 0.000000208. The summed E-state index contributed by atoms with van der Waals surface area (Å²) in [6.07, 6.45) is 11.5. The molecule has 2 aromatic rings. The lowest BCUT2D eigenvalue weighted by Gasteiger charge is -2.19. The van der Waals surface area contributed by atoms with Crippen LogP contribution in [0, 0.1) is 11.8 Å². The predicted molar refractivity (Wildman–Crippen MR) is 153 cm³/mol. The van der Waals surface area contributed by atoms with Gasteiger partial charge in [-0.15, -0.1) is 0 Å². The molecule has 2 fully saturated rings. The van der Waals surface area contributed by atoms with Crippen LogP contribution in [-0.4, -0.2) is 24.5 Å². The van der Waals surface area contributed by atoms with E-state index in [9.17, 15) is 14.4 Å². The maximum absolute atomic E-state index is 11.6. The minimum atomic E-state index is -0.119. The highest BCUT2D eigenvalue weighted by Crippen LogP contribution is 2.26. The molecule has 0 bridgehead atoms. The first kappa shape index (κ1) is 32.1. The highest BCUT2D eigenvalue weighted by molar-refractivity contribution is 5.73. The van der Waals surface area contributed by atoms with Crippen LogP contribution in [0.5, 0.6) is 0 Å². The lowest BCUT2D eigenvalue weighted by atomic mass is 9.89. The topological polar surface area (TPSA) is 78.9 Å². The minimum Gasteiger partial charge on any atom is -0.466 e. The van der Waals surface area contributed by atoms with E-state index >= 15 is 0 Å². The minimum absolute atomic E-state index is 0.0173. The van der Waals surface area contributed by atoms with Crippen molar-refractivity contribution in [3.63, 3.8) is 0 Å². The van der Waals surface area contributed by atoms with Crippen LogP contribution >= 0.6 is 0 Å². The van der Waals surface area contributed by atoms with Gasteiger partial charge in [-0.05, 0) is 50.2 Å². The number of carbonyl (C=O) groups excluding carboxylic acids is 3. The van der Waals surface area contributed by atoms with Crippen LogP contribution < -0.4 is 0 Å². The summed E-state index contributed by atoms with van der Waals surface area (Å²) >= 11 is 0. The zero-order chi connectivity index (χ0) is 28.1. The molecule has 0 unspecified atom stereocenters. The molecule has 2 aliphatic rings. The SMILES string of the molecule is CCCC(=O)OCc1ccccc1.CCOC(=O)C1CCCCC1.O=C(OCc1ccccc1)C1CCCC1. The lowest BCUT2D eigenvalue weighted by Crippen LogP contribution is -2.20. The zero-order valence-electron chi connectivity index (χ0n) is 23.8. The first-order chi connectivity index (χ1) is 19.0. The smallest absolute Gasteiger partial charge is 0.309 e. The largest absolute Gasteiger partial charge is 0.466 e. The second kappa shape index (κ2) is 19.9. The van der Waals surface area contributed by atoms with Crippen molar-refractivity contribution in [2.75, 3.05) is 6.61 Å². The van der Waals surface area contributed by atoms with E-state index < -0.39 is 0 Å². The first-order valence-corrected chi connectivity index (χ1v) is 14.6. The van der Waals surface area contributed by atoms with E-state index in [1.807, 2.05) is 74.5 Å². The fourth-order valence-electron chi connectivity index (χ4n) is 4.62. The van der Waals surface area contributed by atoms with Crippen LogP contribution in [0.2, 0.25) is 0 Å². The summed E-state index contributed by atoms with van der Waals surface area (Å²) in [6.45, 7) is 5.15. The van der Waals surface area contributed by atoms with Crippen LogP contribution in [0.4, 0.5) is 0 Å². The quantitative estimate of drug-likeness (QED) is 0.242. The van der Waals surface area contributed by atoms with Crippen LogP contribution in [-0.2, 0) is 41.8 Å². The van der Waals surface area contributed by atoms with Crippen LogP contribution in [0.1, 0.15) is 95.6 Å². The van der Waals surface area contributed by atoms with Gasteiger partial charge in [0.2, 0.25) is 0 Å². The van der Waals surface area contributed by atoms with Crippen LogP contribution in [0.25, 0.3) is 0 Å². The van der Waals surface area contributed by atoms with Gasteiger partial charge in [-0.25, -0.2) is 0 Å². The van der Waals surface area contributed by atoms with E-state index in [4.69, 9.17) is 14.2 Å². The van der Waals surface area contributed by atoms with E-state index in [0.717, 1.165) is 43.2 Å². The molecule has 0 radical (unpaired) electrons. The molecule has 214 valence electrons. The van der Waals surface area contributed by atoms with Crippen molar-refractivity contribution in [2.45, 2.75) is 97.7 Å². The molecule has 0 aromatic heterocycles. The summed E-state index contributed by atoms with van der Waals surface area (Å²) in [4.78, 5) is 33.8. The first-order valence-electron chi connectivity index (χ1n) is 14.6. The van der Waals surface area contributed by atoms with Crippen molar-refractivity contribution >= 4 is 17.9 Å². The van der Waals surface area contributed by atoms with Crippen molar-refractivity contribution in [1.82, 2.24) is 0 Å². The maximum Gasteiger partial charge on any atom is 0.309 e. The maximum atomic E-state index is 11.6. The number of ether oxygens (including phenoxy) is 3. The van der Waals surface area contributed by atoms with Gasteiger partial charge >= 0.3 is 17.9 Å². The summed E-state index contributed by atoms with van der Waals surface area (Å²) < 4.78 is 15.2. The molecule has 0 saturated heterocycles. The molecule has 2 aromatic carbocycles. The Morgan fingerprint density at radius 3 is 1.51 bits per heavy atom. The predicted octanol–water partition coefficient (Wildman–Crippen LogP) is 7.58. The Morgan fingerprint density at radius 2 is 1.05 bits per heavy atom. The average Bonchev–Trinajstić information content (AvgIpc) is 3.53. The summed E-state index contributed by atoms with van der Waals surface area (Å²) in [5.74, 6) is 0.257. The van der Waals surface area contributed by atoms with Crippen molar-refractivity contribution in [3.8, 4) is 0 Å². The molecule has 6 heteroatoms. The van der Waals surface area contributed by atoms with Crippen molar-refractivity contribution in [1.29, 1.82) is 0 Å². The van der Waals surface area contributed by atoms with Gasteiger partial charge in [0.15, 0.2) is 0 Å². The molecule has 39 heavy (non-hydrogen) atoms. The normalized spacial score (nSPS) is 15.1. The number of esters is 3. The summed E-state index contributed by atoms with van der Waals surface area (Å²) in [5, 5.41) is 0. The van der Waals surface area contributed by atoms with Crippen LogP contribution in [0.15, 0.2) is 60.7 Å². The van der Waals surface area contributed by atoms with Gasteiger partial charge in [0, 0.05) is 6.42 Å². The van der Waals surface area contributed by atoms with E-state index in [1.54, 1.807) is 0 Å². The van der Waals surface area contributed by atoms with Crippen molar-refractivity contribution in [2.24, 2.45) is 11.8 Å². The third-order valence-corrected chi connectivity index (χ3v) is 6.83. The Hall–Kier alpha value is -3.15. The Labute approximate surface area is 234 Å². The van der Waals surface area contributed by atoms with E-state index in [-0.39, 0.29) is 29.7 Å². The Kier molecular flexibility index (Phi) is 16.3. The number of hydrogen-bond donors (Lipinski definition) is 0. The fourth-order valence-corrected chi connectivity index (χ4v) is 4.62. The third kappa shape index (κ3) is 14.0. The fraction of sp³-hybridized carbons (Fsp3) is 0.545. The van der Waals surface area contributed by atoms with E-state index in [1.165, 1.54) is 32.1 Å². The standard InChI is InChI=1S/C13H16O2.C11H14O2.C9H16O2/c14-13(12-8-4-5-9-12)15-10-11-6-2-1-3-7-11;1-2-6-11(12)13-9-10-7-4-3-5-8-10;1-2-11-9(10)8-6-4-3-5-7-8/h1-3,6-7,12H,4-5,8-10H2;3-5,7-8H,2,6,9H2,1H3;8H,2-7H2,1H3. The van der Waals surface area contributed by atoms with Gasteiger partial charge in [-0.3, -0.25) is 14.4 Å².